The molecular weight excluding hydrogens is 250 g/mol. The second-order valence-corrected chi connectivity index (χ2v) is 4.59. The van der Waals surface area contributed by atoms with Crippen LogP contribution >= 0.6 is 11.6 Å². The molecule has 0 aliphatic rings. The van der Waals surface area contributed by atoms with E-state index >= 15 is 0 Å². The Labute approximate surface area is 112 Å². The molecule has 0 heterocycles. The molecule has 0 saturated carbocycles. The molecule has 1 rings (SSSR count). The van der Waals surface area contributed by atoms with Gasteiger partial charge in [-0.2, -0.15) is 0 Å². The Balaban J connectivity index is 2.76. The number of hydrogen-bond donors (Lipinski definition) is 3. The fourth-order valence-corrected chi connectivity index (χ4v) is 1.63. The maximum atomic E-state index is 7.45. The van der Waals surface area contributed by atoms with Crippen LogP contribution in [0.3, 0.4) is 0 Å². The highest BCUT2D eigenvalue weighted by molar-refractivity contribution is 6.30. The molecule has 0 aliphatic heterocycles. The van der Waals surface area contributed by atoms with Crippen molar-refractivity contribution in [3.63, 3.8) is 0 Å². The maximum absolute atomic E-state index is 7.45. The molecule has 0 unspecified atom stereocenters. The van der Waals surface area contributed by atoms with E-state index in [4.69, 9.17) is 28.5 Å². The van der Waals surface area contributed by atoms with Gasteiger partial charge in [-0.05, 0) is 31.5 Å². The average molecular weight is 268 g/mol. The van der Waals surface area contributed by atoms with E-state index in [0.717, 1.165) is 5.56 Å². The van der Waals surface area contributed by atoms with Gasteiger partial charge in [-0.25, -0.2) is 4.99 Å². The summed E-state index contributed by atoms with van der Waals surface area (Å²) < 4.78 is 0. The molecule has 1 aromatic rings. The molecular formula is C12H18ClN5. The summed E-state index contributed by atoms with van der Waals surface area (Å²) in [6, 6.07) is 7.36. The molecule has 18 heavy (non-hydrogen) atoms. The summed E-state index contributed by atoms with van der Waals surface area (Å²) in [7, 11) is 0. The molecule has 5 N–H and O–H groups in total. The van der Waals surface area contributed by atoms with Gasteiger partial charge in [0.1, 0.15) is 0 Å². The van der Waals surface area contributed by atoms with E-state index in [-0.39, 0.29) is 18.0 Å². The van der Waals surface area contributed by atoms with Crippen LogP contribution in [0.4, 0.5) is 0 Å². The third-order valence-corrected chi connectivity index (χ3v) is 2.61. The van der Waals surface area contributed by atoms with Gasteiger partial charge in [-0.15, -0.1) is 0 Å². The Bertz CT molecular complexity index is 438. The van der Waals surface area contributed by atoms with Crippen molar-refractivity contribution in [1.29, 1.82) is 5.41 Å². The highest BCUT2D eigenvalue weighted by Crippen LogP contribution is 2.10. The second-order valence-electron chi connectivity index (χ2n) is 4.15. The van der Waals surface area contributed by atoms with E-state index in [0.29, 0.717) is 11.6 Å². The van der Waals surface area contributed by atoms with Gasteiger partial charge in [-0.1, -0.05) is 23.7 Å². The maximum Gasteiger partial charge on any atom is 0.198 e. The lowest BCUT2D eigenvalue weighted by molar-refractivity contribution is 0.485. The van der Waals surface area contributed by atoms with Crippen molar-refractivity contribution < 1.29 is 0 Å². The molecule has 5 nitrogen and oxygen atoms in total. The number of nitrogens with one attached hydrogen (secondary N) is 1. The van der Waals surface area contributed by atoms with E-state index < -0.39 is 0 Å². The molecule has 0 spiro atoms. The summed E-state index contributed by atoms with van der Waals surface area (Å²) in [5, 5.41) is 8.13. The third kappa shape index (κ3) is 3.92. The predicted molar refractivity (Wildman–Crippen MR) is 75.7 cm³/mol. The SMILES string of the molecule is CC(C)N(C(=N)N)C(N)=NCc1ccc(Cl)cc1. The summed E-state index contributed by atoms with van der Waals surface area (Å²) in [5.74, 6) is 0.134. The van der Waals surface area contributed by atoms with Gasteiger partial charge in [0.15, 0.2) is 11.9 Å². The van der Waals surface area contributed by atoms with Gasteiger partial charge in [-0.3, -0.25) is 10.3 Å². The normalized spacial score (nSPS) is 11.7. The van der Waals surface area contributed by atoms with E-state index in [9.17, 15) is 0 Å². The van der Waals surface area contributed by atoms with Crippen molar-refractivity contribution in [3.05, 3.63) is 34.9 Å². The first-order valence-electron chi connectivity index (χ1n) is 5.59. The summed E-state index contributed by atoms with van der Waals surface area (Å²) in [4.78, 5) is 5.69. The van der Waals surface area contributed by atoms with Crippen LogP contribution in [0.15, 0.2) is 29.3 Å². The molecule has 0 bridgehead atoms. The molecule has 0 aliphatic carbocycles. The van der Waals surface area contributed by atoms with Crippen LogP contribution in [0, 0.1) is 5.41 Å². The van der Waals surface area contributed by atoms with Crippen molar-refractivity contribution >= 4 is 23.5 Å². The molecule has 98 valence electrons. The lowest BCUT2D eigenvalue weighted by Gasteiger charge is -2.25. The zero-order chi connectivity index (χ0) is 13.7. The Morgan fingerprint density at radius 1 is 1.33 bits per heavy atom. The van der Waals surface area contributed by atoms with Crippen molar-refractivity contribution in [3.8, 4) is 0 Å². The largest absolute Gasteiger partial charge is 0.370 e. The summed E-state index contributed by atoms with van der Waals surface area (Å²) in [6.07, 6.45) is 0. The van der Waals surface area contributed by atoms with Crippen molar-refractivity contribution in [2.24, 2.45) is 16.5 Å². The van der Waals surface area contributed by atoms with Crippen molar-refractivity contribution in [2.45, 2.75) is 26.4 Å². The molecule has 6 heteroatoms. The zero-order valence-electron chi connectivity index (χ0n) is 10.5. The number of rotatable bonds is 3. The molecule has 0 saturated heterocycles. The first kappa shape index (κ1) is 14.3. The molecule has 0 radical (unpaired) electrons. The van der Waals surface area contributed by atoms with E-state index in [1.165, 1.54) is 4.90 Å². The lowest BCUT2D eigenvalue weighted by atomic mass is 10.2. The first-order chi connectivity index (χ1) is 8.41. The fourth-order valence-electron chi connectivity index (χ4n) is 1.50. The second kappa shape index (κ2) is 6.26. The number of guanidine groups is 2. The number of hydrogen-bond acceptors (Lipinski definition) is 2. The Morgan fingerprint density at radius 3 is 2.33 bits per heavy atom. The number of nitrogens with two attached hydrogens (primary N) is 2. The summed E-state index contributed by atoms with van der Waals surface area (Å²) in [5.41, 5.74) is 12.3. The highest BCUT2D eigenvalue weighted by Gasteiger charge is 2.14. The van der Waals surface area contributed by atoms with E-state index in [1.807, 2.05) is 26.0 Å². The van der Waals surface area contributed by atoms with E-state index in [2.05, 4.69) is 4.99 Å². The van der Waals surface area contributed by atoms with Gasteiger partial charge in [0, 0.05) is 11.1 Å². The van der Waals surface area contributed by atoms with Gasteiger partial charge in [0.2, 0.25) is 0 Å². The number of nitrogens with zero attached hydrogens (tertiary/aromatic N) is 2. The van der Waals surface area contributed by atoms with Gasteiger partial charge in [0.05, 0.1) is 6.54 Å². The van der Waals surface area contributed by atoms with Crippen LogP contribution in [0.2, 0.25) is 5.02 Å². The number of halogens is 1. The third-order valence-electron chi connectivity index (χ3n) is 2.36. The summed E-state index contributed by atoms with van der Waals surface area (Å²) >= 11 is 5.79. The predicted octanol–water partition coefficient (Wildman–Crippen LogP) is 1.76. The average Bonchev–Trinajstić information content (AvgIpc) is 2.27. The molecule has 0 amide bonds. The van der Waals surface area contributed by atoms with E-state index in [1.54, 1.807) is 12.1 Å². The smallest absolute Gasteiger partial charge is 0.198 e. The van der Waals surface area contributed by atoms with Crippen molar-refractivity contribution in [1.82, 2.24) is 4.90 Å². The zero-order valence-corrected chi connectivity index (χ0v) is 11.3. The van der Waals surface area contributed by atoms with Crippen LogP contribution in [0.1, 0.15) is 19.4 Å². The fraction of sp³-hybridized carbons (Fsp3) is 0.333. The van der Waals surface area contributed by atoms with Crippen LogP contribution in [-0.2, 0) is 6.54 Å². The highest BCUT2D eigenvalue weighted by atomic mass is 35.5. The first-order valence-corrected chi connectivity index (χ1v) is 5.97. The van der Waals surface area contributed by atoms with Crippen LogP contribution in [-0.4, -0.2) is 22.9 Å². The molecule has 1 aromatic carbocycles. The lowest BCUT2D eigenvalue weighted by Crippen LogP contribution is -2.49. The summed E-state index contributed by atoms with van der Waals surface area (Å²) in [6.45, 7) is 4.22. The minimum atomic E-state index is -0.109. The molecule has 0 aromatic heterocycles. The number of aliphatic imine (C=N–C) groups is 1. The minimum absolute atomic E-state index is 0.00327. The van der Waals surface area contributed by atoms with Gasteiger partial charge in [0.25, 0.3) is 0 Å². The molecule has 0 atom stereocenters. The number of benzene rings is 1. The van der Waals surface area contributed by atoms with Gasteiger partial charge < -0.3 is 11.5 Å². The topological polar surface area (TPSA) is 91.5 Å². The van der Waals surface area contributed by atoms with Crippen LogP contribution in [0.25, 0.3) is 0 Å². The standard InChI is InChI=1S/C12H18ClN5/c1-8(2)18(11(14)15)12(16)17-7-9-3-5-10(13)6-4-9/h3-6,8H,7H2,1-2H3,(H3,14,15)(H2,16,17). The van der Waals surface area contributed by atoms with Crippen LogP contribution < -0.4 is 11.5 Å². The van der Waals surface area contributed by atoms with Crippen molar-refractivity contribution in [2.75, 3.05) is 0 Å². The Morgan fingerprint density at radius 2 is 1.89 bits per heavy atom. The van der Waals surface area contributed by atoms with Gasteiger partial charge >= 0.3 is 0 Å². The molecule has 0 fully saturated rings. The Hall–Kier alpha value is -1.75. The quantitative estimate of drug-likeness (QED) is 0.576. The Kier molecular flexibility index (Phi) is 4.97. The minimum Gasteiger partial charge on any atom is -0.370 e. The monoisotopic (exact) mass is 267 g/mol. The van der Waals surface area contributed by atoms with Crippen LogP contribution in [0.5, 0.6) is 0 Å².